The van der Waals surface area contributed by atoms with Crippen molar-refractivity contribution < 1.29 is 22.8 Å². The Morgan fingerprint density at radius 1 is 0.816 bits per heavy atom. The minimum atomic E-state index is -4.49. The number of hydrogen-bond donors (Lipinski definition) is 1. The van der Waals surface area contributed by atoms with E-state index in [4.69, 9.17) is 0 Å². The first kappa shape index (κ1) is 32.8. The van der Waals surface area contributed by atoms with E-state index in [1.54, 1.807) is 6.20 Å². The summed E-state index contributed by atoms with van der Waals surface area (Å²) < 4.78 is 39.6. The number of anilines is 1. The second kappa shape index (κ2) is 13.7. The molecular weight excluding hydrogens is 627 g/mol. The lowest BCUT2D eigenvalue weighted by Crippen LogP contribution is -2.47. The molecule has 3 aromatic carbocycles. The summed E-state index contributed by atoms with van der Waals surface area (Å²) in [6.07, 6.45) is 0.00465. The van der Waals surface area contributed by atoms with Gasteiger partial charge in [0.05, 0.1) is 12.2 Å². The van der Waals surface area contributed by atoms with Gasteiger partial charge in [0, 0.05) is 50.2 Å². The Balaban J connectivity index is 0.972. The molecule has 0 bridgehead atoms. The summed E-state index contributed by atoms with van der Waals surface area (Å²) in [6, 6.07) is 27.2. The van der Waals surface area contributed by atoms with E-state index < -0.39 is 24.0 Å². The molecule has 10 heteroatoms. The van der Waals surface area contributed by atoms with Crippen molar-refractivity contribution >= 4 is 17.5 Å². The summed E-state index contributed by atoms with van der Waals surface area (Å²) in [5, 5.41) is 2.23. The first-order chi connectivity index (χ1) is 23.7. The van der Waals surface area contributed by atoms with Gasteiger partial charge in [-0.3, -0.25) is 19.5 Å². The highest BCUT2D eigenvalue weighted by atomic mass is 19.4. The summed E-state index contributed by atoms with van der Waals surface area (Å²) in [5.74, 6) is -0.552. The quantitative estimate of drug-likeness (QED) is 0.204. The minimum Gasteiger partial charge on any atom is -0.369 e. The Bertz CT molecular complexity index is 1780. The molecular formula is C39H40F3N5O2. The van der Waals surface area contributed by atoms with Gasteiger partial charge in [0.15, 0.2) is 0 Å². The van der Waals surface area contributed by atoms with Gasteiger partial charge in [-0.2, -0.15) is 13.2 Å². The van der Waals surface area contributed by atoms with Crippen LogP contribution >= 0.6 is 0 Å². The van der Waals surface area contributed by atoms with Crippen LogP contribution in [0.2, 0.25) is 0 Å². The number of halogens is 3. The van der Waals surface area contributed by atoms with Gasteiger partial charge in [-0.25, -0.2) is 0 Å². The largest absolute Gasteiger partial charge is 0.405 e. The van der Waals surface area contributed by atoms with E-state index in [1.165, 1.54) is 0 Å². The van der Waals surface area contributed by atoms with Gasteiger partial charge < -0.3 is 15.1 Å². The van der Waals surface area contributed by atoms with Gasteiger partial charge >= 0.3 is 6.18 Å². The predicted octanol–water partition coefficient (Wildman–Crippen LogP) is 6.22. The molecule has 3 heterocycles. The number of pyridine rings is 1. The van der Waals surface area contributed by atoms with Crippen LogP contribution in [0.25, 0.3) is 11.1 Å². The van der Waals surface area contributed by atoms with Crippen molar-refractivity contribution in [1.82, 2.24) is 20.1 Å². The van der Waals surface area contributed by atoms with Crippen LogP contribution in [0.5, 0.6) is 0 Å². The Hall–Kier alpha value is -4.70. The zero-order valence-corrected chi connectivity index (χ0v) is 27.4. The molecule has 7 rings (SSSR count). The van der Waals surface area contributed by atoms with Crippen LogP contribution in [0.4, 0.5) is 18.9 Å². The first-order valence-corrected chi connectivity index (χ1v) is 17.1. The summed E-state index contributed by atoms with van der Waals surface area (Å²) >= 11 is 0. The van der Waals surface area contributed by atoms with E-state index in [0.717, 1.165) is 90.3 Å². The second-order valence-corrected chi connectivity index (χ2v) is 13.2. The highest BCUT2D eigenvalue weighted by Crippen LogP contribution is 2.51. The average molecular weight is 668 g/mol. The molecule has 1 aliphatic carbocycles. The van der Waals surface area contributed by atoms with Crippen LogP contribution in [-0.4, -0.2) is 78.6 Å². The highest BCUT2D eigenvalue weighted by molar-refractivity contribution is 6.00. The second-order valence-electron chi connectivity index (χ2n) is 13.2. The van der Waals surface area contributed by atoms with E-state index in [-0.39, 0.29) is 5.91 Å². The fourth-order valence-corrected chi connectivity index (χ4v) is 7.78. The lowest BCUT2D eigenvalue weighted by atomic mass is 9.73. The molecule has 0 unspecified atom stereocenters. The Morgan fingerprint density at radius 3 is 2.18 bits per heavy atom. The maximum Gasteiger partial charge on any atom is 0.405 e. The van der Waals surface area contributed by atoms with Crippen molar-refractivity contribution in [2.75, 3.05) is 50.7 Å². The highest BCUT2D eigenvalue weighted by Gasteiger charge is 2.49. The summed E-state index contributed by atoms with van der Waals surface area (Å²) in [5.41, 5.74) is 5.96. The Kier molecular flexibility index (Phi) is 9.15. The Morgan fingerprint density at radius 2 is 1.51 bits per heavy atom. The lowest BCUT2D eigenvalue weighted by Gasteiger charge is -2.37. The first-order valence-electron chi connectivity index (χ1n) is 17.1. The number of carbonyl (C=O) groups excluding carboxylic acids is 2. The molecule has 254 valence electrons. The predicted molar refractivity (Wildman–Crippen MR) is 183 cm³/mol. The maximum atomic E-state index is 13.8. The molecule has 1 N–H and O–H groups in total. The fourth-order valence-electron chi connectivity index (χ4n) is 7.78. The third-order valence-corrected chi connectivity index (χ3v) is 10.3. The monoisotopic (exact) mass is 667 g/mol. The molecule has 2 aliphatic heterocycles. The van der Waals surface area contributed by atoms with Gasteiger partial charge in [-0.05, 0) is 77.9 Å². The number of aromatic nitrogens is 1. The standard InChI is InChI=1S/C39H40F3N5O2/c40-39(41,42)27-44-37(49)38(34-12-3-1-10-31(34)32-11-2-4-13-35(32)38)17-6-8-19-45-21-23-46(24-22-45)30-15-14-28-16-20-47(36(48)33(28)25-30)26-29-9-5-7-18-43-29/h1-5,7,9-15,18,25H,6,8,16-17,19-24,26-27H2,(H,44,49). The third-order valence-electron chi connectivity index (χ3n) is 10.3. The summed E-state index contributed by atoms with van der Waals surface area (Å²) in [6.45, 7) is 4.04. The number of alkyl halides is 3. The average Bonchev–Trinajstić information content (AvgIpc) is 3.41. The maximum absolute atomic E-state index is 13.8. The normalized spacial score (nSPS) is 17.0. The number of nitrogens with one attached hydrogen (secondary N) is 1. The number of unbranched alkanes of at least 4 members (excludes halogenated alkanes) is 1. The molecule has 0 radical (unpaired) electrons. The SMILES string of the molecule is O=C1c2cc(N3CCN(CCCCC4(C(=O)NCC(F)(F)F)c5ccccc5-c5ccccc54)CC3)ccc2CCN1Cc1ccccn1. The van der Waals surface area contributed by atoms with Crippen LogP contribution in [0.3, 0.4) is 0 Å². The Labute approximate surface area is 284 Å². The molecule has 0 atom stereocenters. The van der Waals surface area contributed by atoms with Crippen LogP contribution in [0, 0.1) is 0 Å². The smallest absolute Gasteiger partial charge is 0.369 e. The topological polar surface area (TPSA) is 68.8 Å². The lowest BCUT2D eigenvalue weighted by molar-refractivity contribution is -0.141. The minimum absolute atomic E-state index is 0.0461. The van der Waals surface area contributed by atoms with Crippen LogP contribution in [-0.2, 0) is 23.2 Å². The molecule has 7 nitrogen and oxygen atoms in total. The number of piperazine rings is 1. The molecule has 0 spiro atoms. The number of nitrogens with zero attached hydrogens (tertiary/aromatic N) is 4. The van der Waals surface area contributed by atoms with E-state index in [1.807, 2.05) is 77.7 Å². The molecule has 1 aromatic heterocycles. The number of rotatable bonds is 10. The van der Waals surface area contributed by atoms with E-state index in [0.29, 0.717) is 25.9 Å². The number of fused-ring (bicyclic) bond motifs is 4. The number of benzene rings is 3. The molecule has 0 saturated carbocycles. The number of carbonyl (C=O) groups is 2. The van der Waals surface area contributed by atoms with Crippen LogP contribution < -0.4 is 10.2 Å². The van der Waals surface area contributed by atoms with E-state index in [9.17, 15) is 22.8 Å². The molecule has 2 amide bonds. The zero-order valence-electron chi connectivity index (χ0n) is 27.4. The van der Waals surface area contributed by atoms with Crippen molar-refractivity contribution in [2.45, 2.75) is 43.8 Å². The third kappa shape index (κ3) is 6.66. The van der Waals surface area contributed by atoms with Crippen molar-refractivity contribution in [3.63, 3.8) is 0 Å². The van der Waals surface area contributed by atoms with Gasteiger partial charge in [0.2, 0.25) is 5.91 Å². The molecule has 4 aromatic rings. The van der Waals surface area contributed by atoms with Crippen molar-refractivity contribution in [3.8, 4) is 11.1 Å². The number of hydrogen-bond acceptors (Lipinski definition) is 5. The fraction of sp³-hybridized carbons (Fsp3) is 0.359. The molecule has 1 fully saturated rings. The summed E-state index contributed by atoms with van der Waals surface area (Å²) in [7, 11) is 0. The zero-order chi connectivity index (χ0) is 34.0. The molecule has 49 heavy (non-hydrogen) atoms. The van der Waals surface area contributed by atoms with Gasteiger partial charge in [-0.1, -0.05) is 67.1 Å². The number of amides is 2. The summed E-state index contributed by atoms with van der Waals surface area (Å²) in [4.78, 5) is 38.2. The molecule has 1 saturated heterocycles. The van der Waals surface area contributed by atoms with Gasteiger partial charge in [0.1, 0.15) is 12.0 Å². The van der Waals surface area contributed by atoms with Crippen LogP contribution in [0.15, 0.2) is 91.1 Å². The van der Waals surface area contributed by atoms with E-state index in [2.05, 4.69) is 32.2 Å². The van der Waals surface area contributed by atoms with Crippen LogP contribution in [0.1, 0.15) is 52.0 Å². The molecule has 3 aliphatic rings. The van der Waals surface area contributed by atoms with E-state index >= 15 is 0 Å². The van der Waals surface area contributed by atoms with Crippen molar-refractivity contribution in [3.05, 3.63) is 119 Å². The van der Waals surface area contributed by atoms with Gasteiger partial charge in [0.25, 0.3) is 5.91 Å². The van der Waals surface area contributed by atoms with Gasteiger partial charge in [-0.15, -0.1) is 0 Å². The van der Waals surface area contributed by atoms with Crippen molar-refractivity contribution in [2.24, 2.45) is 0 Å². The van der Waals surface area contributed by atoms with Crippen molar-refractivity contribution in [1.29, 1.82) is 0 Å².